The minimum atomic E-state index is 0.999. The molecule has 0 spiro atoms. The lowest BCUT2D eigenvalue weighted by Crippen LogP contribution is -2.00. The van der Waals surface area contributed by atoms with Gasteiger partial charge in [-0.1, -0.05) is 143 Å². The average molecular weight is 405 g/mol. The Morgan fingerprint density at radius 3 is 1.28 bits per heavy atom. The van der Waals surface area contributed by atoms with Gasteiger partial charge in [0.15, 0.2) is 0 Å². The highest BCUT2D eigenvalue weighted by Gasteiger charge is 2.07. The topological polar surface area (TPSA) is 0 Å². The molecule has 0 saturated carbocycles. The Hall–Kier alpha value is -0.440. The fourth-order valence-electron chi connectivity index (χ4n) is 4.38. The predicted molar refractivity (Wildman–Crippen MR) is 134 cm³/mol. The van der Waals surface area contributed by atoms with E-state index in [1.165, 1.54) is 135 Å². The van der Waals surface area contributed by atoms with E-state index in [1.54, 1.807) is 0 Å². The van der Waals surface area contributed by atoms with Gasteiger partial charge in [0.2, 0.25) is 0 Å². The van der Waals surface area contributed by atoms with Gasteiger partial charge in [-0.15, -0.1) is 11.8 Å². The van der Waals surface area contributed by atoms with Crippen molar-refractivity contribution in [2.45, 2.75) is 168 Å². The Balaban J connectivity index is 3.46. The fraction of sp³-hybridized carbons (Fsp3) is 0.931. The molecule has 0 heteroatoms. The summed E-state index contributed by atoms with van der Waals surface area (Å²) in [6.07, 6.45) is 32.2. The van der Waals surface area contributed by atoms with Crippen LogP contribution >= 0.6 is 0 Å². The highest BCUT2D eigenvalue weighted by molar-refractivity contribution is 4.98. The molecule has 0 aromatic rings. The molecule has 172 valence electrons. The van der Waals surface area contributed by atoms with Crippen molar-refractivity contribution in [3.8, 4) is 11.8 Å². The van der Waals surface area contributed by atoms with Gasteiger partial charge in [0.1, 0.15) is 0 Å². The molecule has 0 N–H and O–H groups in total. The van der Waals surface area contributed by atoms with E-state index in [2.05, 4.69) is 32.6 Å². The van der Waals surface area contributed by atoms with Crippen LogP contribution in [-0.2, 0) is 0 Å². The SMILES string of the molecule is CCCCC#CCCCCCC(CCC)CCCCCCCCCCCCCC. The molecule has 0 aliphatic carbocycles. The molecule has 0 aromatic heterocycles. The number of hydrogen-bond donors (Lipinski definition) is 0. The zero-order chi connectivity index (χ0) is 21.3. The Morgan fingerprint density at radius 2 is 0.793 bits per heavy atom. The standard InChI is InChI=1S/C29H56/c1-4-7-9-11-13-15-16-17-19-21-23-25-28-29(26-6-3)27-24-22-20-18-14-12-10-8-5-2/h29H,4-11,13,15-28H2,1-3H3. The average Bonchev–Trinajstić information content (AvgIpc) is 2.73. The van der Waals surface area contributed by atoms with Crippen LogP contribution < -0.4 is 0 Å². The lowest BCUT2D eigenvalue weighted by atomic mass is 9.90. The molecule has 0 aliphatic rings. The van der Waals surface area contributed by atoms with Crippen LogP contribution in [0.5, 0.6) is 0 Å². The van der Waals surface area contributed by atoms with Crippen LogP contribution in [0.3, 0.4) is 0 Å². The molecule has 0 bridgehead atoms. The van der Waals surface area contributed by atoms with E-state index < -0.39 is 0 Å². The van der Waals surface area contributed by atoms with Gasteiger partial charge in [0, 0.05) is 12.8 Å². The molecule has 0 aliphatic heterocycles. The Morgan fingerprint density at radius 1 is 0.379 bits per heavy atom. The highest BCUT2D eigenvalue weighted by Crippen LogP contribution is 2.23. The zero-order valence-corrected chi connectivity index (χ0v) is 20.8. The van der Waals surface area contributed by atoms with Gasteiger partial charge in [0.25, 0.3) is 0 Å². The maximum absolute atomic E-state index is 3.36. The van der Waals surface area contributed by atoms with Gasteiger partial charge < -0.3 is 0 Å². The second-order valence-corrected chi connectivity index (χ2v) is 9.39. The van der Waals surface area contributed by atoms with Crippen molar-refractivity contribution in [2.24, 2.45) is 5.92 Å². The third-order valence-corrected chi connectivity index (χ3v) is 6.36. The third kappa shape index (κ3) is 23.7. The van der Waals surface area contributed by atoms with Crippen LogP contribution in [0.1, 0.15) is 168 Å². The normalized spacial score (nSPS) is 12.0. The van der Waals surface area contributed by atoms with Crippen LogP contribution in [0.4, 0.5) is 0 Å². The molecule has 0 saturated heterocycles. The molecule has 1 unspecified atom stereocenters. The van der Waals surface area contributed by atoms with Gasteiger partial charge in [-0.25, -0.2) is 0 Å². The second kappa shape index (κ2) is 25.6. The lowest BCUT2D eigenvalue weighted by Gasteiger charge is -2.15. The van der Waals surface area contributed by atoms with Crippen LogP contribution in [0.15, 0.2) is 0 Å². The highest BCUT2D eigenvalue weighted by atomic mass is 14.1. The van der Waals surface area contributed by atoms with E-state index >= 15 is 0 Å². The minimum absolute atomic E-state index is 0.999. The Labute approximate surface area is 186 Å². The van der Waals surface area contributed by atoms with Crippen LogP contribution in [0.25, 0.3) is 0 Å². The van der Waals surface area contributed by atoms with E-state index in [1.807, 2.05) is 0 Å². The molecular formula is C29H56. The Bertz CT molecular complexity index is 345. The van der Waals surface area contributed by atoms with Crippen LogP contribution in [0.2, 0.25) is 0 Å². The van der Waals surface area contributed by atoms with Crippen molar-refractivity contribution >= 4 is 0 Å². The first kappa shape index (κ1) is 28.6. The van der Waals surface area contributed by atoms with Gasteiger partial charge >= 0.3 is 0 Å². The summed E-state index contributed by atoms with van der Waals surface area (Å²) in [6, 6.07) is 0. The molecule has 0 radical (unpaired) electrons. The maximum Gasteiger partial charge on any atom is 0.00886 e. The molecular weight excluding hydrogens is 348 g/mol. The molecule has 0 fully saturated rings. The smallest absolute Gasteiger partial charge is 0.00886 e. The molecule has 1 atom stereocenters. The predicted octanol–water partition coefficient (Wildman–Crippen LogP) is 10.6. The summed E-state index contributed by atoms with van der Waals surface area (Å²) in [5.41, 5.74) is 0. The maximum atomic E-state index is 3.36. The summed E-state index contributed by atoms with van der Waals surface area (Å²) in [4.78, 5) is 0. The summed E-state index contributed by atoms with van der Waals surface area (Å²) in [5.74, 6) is 7.68. The molecule has 29 heavy (non-hydrogen) atoms. The fourth-order valence-corrected chi connectivity index (χ4v) is 4.38. The number of unbranched alkanes of at least 4 members (excludes halogenated alkanes) is 16. The van der Waals surface area contributed by atoms with Gasteiger partial charge in [-0.2, -0.15) is 0 Å². The van der Waals surface area contributed by atoms with E-state index in [-0.39, 0.29) is 0 Å². The zero-order valence-electron chi connectivity index (χ0n) is 20.8. The van der Waals surface area contributed by atoms with E-state index in [0.29, 0.717) is 0 Å². The Kier molecular flexibility index (Phi) is 25.2. The largest absolute Gasteiger partial charge is 0.103 e. The summed E-state index contributed by atoms with van der Waals surface area (Å²) < 4.78 is 0. The van der Waals surface area contributed by atoms with Crippen molar-refractivity contribution < 1.29 is 0 Å². The first-order valence-electron chi connectivity index (χ1n) is 13.8. The van der Waals surface area contributed by atoms with E-state index in [9.17, 15) is 0 Å². The number of rotatable bonds is 22. The van der Waals surface area contributed by atoms with E-state index in [0.717, 1.165) is 18.8 Å². The molecule has 0 nitrogen and oxygen atoms in total. The van der Waals surface area contributed by atoms with Crippen molar-refractivity contribution in [3.63, 3.8) is 0 Å². The molecule has 0 aromatic carbocycles. The summed E-state index contributed by atoms with van der Waals surface area (Å²) in [6.45, 7) is 6.91. The van der Waals surface area contributed by atoms with Gasteiger partial charge in [-0.05, 0) is 18.8 Å². The van der Waals surface area contributed by atoms with Gasteiger partial charge in [0.05, 0.1) is 0 Å². The third-order valence-electron chi connectivity index (χ3n) is 6.36. The van der Waals surface area contributed by atoms with Crippen molar-refractivity contribution in [3.05, 3.63) is 0 Å². The summed E-state index contributed by atoms with van der Waals surface area (Å²) in [5, 5.41) is 0. The monoisotopic (exact) mass is 404 g/mol. The first-order valence-corrected chi connectivity index (χ1v) is 13.8. The summed E-state index contributed by atoms with van der Waals surface area (Å²) in [7, 11) is 0. The van der Waals surface area contributed by atoms with Crippen LogP contribution in [0, 0.1) is 17.8 Å². The van der Waals surface area contributed by atoms with Gasteiger partial charge in [-0.3, -0.25) is 0 Å². The molecule has 0 rings (SSSR count). The first-order chi connectivity index (χ1) is 14.3. The van der Waals surface area contributed by atoms with Crippen LogP contribution in [-0.4, -0.2) is 0 Å². The van der Waals surface area contributed by atoms with Crippen molar-refractivity contribution in [2.75, 3.05) is 0 Å². The minimum Gasteiger partial charge on any atom is -0.103 e. The quantitative estimate of drug-likeness (QED) is 0.124. The molecule has 0 heterocycles. The van der Waals surface area contributed by atoms with Crippen molar-refractivity contribution in [1.82, 2.24) is 0 Å². The number of hydrogen-bond acceptors (Lipinski definition) is 0. The second-order valence-electron chi connectivity index (χ2n) is 9.39. The van der Waals surface area contributed by atoms with E-state index in [4.69, 9.17) is 0 Å². The van der Waals surface area contributed by atoms with Crippen molar-refractivity contribution in [1.29, 1.82) is 0 Å². The lowest BCUT2D eigenvalue weighted by molar-refractivity contribution is 0.379. The molecule has 0 amide bonds. The summed E-state index contributed by atoms with van der Waals surface area (Å²) >= 11 is 0.